The molecule has 0 aliphatic carbocycles. The lowest BCUT2D eigenvalue weighted by Gasteiger charge is -2.23. The molecule has 1 saturated heterocycles. The minimum Gasteiger partial charge on any atom is -0.423 e. The van der Waals surface area contributed by atoms with Gasteiger partial charge in [0.05, 0.1) is 18.8 Å². The summed E-state index contributed by atoms with van der Waals surface area (Å²) >= 11 is 0. The number of halogens is 7. The van der Waals surface area contributed by atoms with Gasteiger partial charge in [0.15, 0.2) is 6.29 Å². The number of esters is 1. The Morgan fingerprint density at radius 3 is 2.23 bits per heavy atom. The fourth-order valence-corrected chi connectivity index (χ4v) is 3.38. The molecule has 1 heterocycles. The van der Waals surface area contributed by atoms with Crippen LogP contribution in [0.25, 0.3) is 10.8 Å². The maximum Gasteiger partial charge on any atom is 0.458 e. The van der Waals surface area contributed by atoms with Crippen LogP contribution in [0.3, 0.4) is 0 Å². The second-order valence-electron chi connectivity index (χ2n) is 7.35. The van der Waals surface area contributed by atoms with Crippen molar-refractivity contribution in [3.05, 3.63) is 76.4 Å². The molecule has 0 saturated carbocycles. The quantitative estimate of drug-likeness (QED) is 0.193. The van der Waals surface area contributed by atoms with Gasteiger partial charge in [-0.2, -0.15) is 13.2 Å². The van der Waals surface area contributed by atoms with Crippen LogP contribution >= 0.6 is 0 Å². The molecule has 4 nitrogen and oxygen atoms in total. The van der Waals surface area contributed by atoms with Crippen LogP contribution in [0.2, 0.25) is 0 Å². The van der Waals surface area contributed by atoms with Crippen molar-refractivity contribution in [3.8, 4) is 17.6 Å². The van der Waals surface area contributed by atoms with E-state index in [1.165, 1.54) is 5.92 Å². The topological polar surface area (TPSA) is 44.8 Å². The molecule has 1 aliphatic rings. The largest absolute Gasteiger partial charge is 0.458 e. The van der Waals surface area contributed by atoms with Crippen LogP contribution in [-0.2, 0) is 9.47 Å². The Labute approximate surface area is 193 Å². The van der Waals surface area contributed by atoms with Gasteiger partial charge in [-0.1, -0.05) is 5.92 Å². The molecule has 0 atom stereocenters. The van der Waals surface area contributed by atoms with Crippen molar-refractivity contribution >= 4 is 16.7 Å². The van der Waals surface area contributed by atoms with Gasteiger partial charge in [-0.05, 0) is 48.2 Å². The summed E-state index contributed by atoms with van der Waals surface area (Å²) in [5.41, 5.74) is -2.08. The van der Waals surface area contributed by atoms with Crippen molar-refractivity contribution in [1.82, 2.24) is 0 Å². The summed E-state index contributed by atoms with van der Waals surface area (Å²) in [5.74, 6) is -4.76. The first-order chi connectivity index (χ1) is 16.5. The van der Waals surface area contributed by atoms with Gasteiger partial charge in [0.2, 0.25) is 0 Å². The van der Waals surface area contributed by atoms with Crippen LogP contribution in [0.5, 0.6) is 5.75 Å². The summed E-state index contributed by atoms with van der Waals surface area (Å²) in [6, 6.07) is 5.42. The molecule has 3 aromatic rings. The van der Waals surface area contributed by atoms with Crippen LogP contribution in [0.1, 0.15) is 34.2 Å². The van der Waals surface area contributed by atoms with E-state index in [1.54, 1.807) is 0 Å². The Morgan fingerprint density at radius 2 is 1.60 bits per heavy atom. The minimum absolute atomic E-state index is 0.0253. The highest BCUT2D eigenvalue weighted by molar-refractivity contribution is 5.93. The third kappa shape index (κ3) is 5.39. The predicted octanol–water partition coefficient (Wildman–Crippen LogP) is 5.96. The highest BCUT2D eigenvalue weighted by atomic mass is 19.4. The zero-order chi connectivity index (χ0) is 25.3. The molecule has 0 spiro atoms. The molecule has 0 unspecified atom stereocenters. The van der Waals surface area contributed by atoms with Crippen LogP contribution in [-0.4, -0.2) is 25.4 Å². The molecule has 3 aromatic carbocycles. The second-order valence-corrected chi connectivity index (χ2v) is 7.35. The Balaban J connectivity index is 1.61. The smallest absolute Gasteiger partial charge is 0.423 e. The third-order valence-electron chi connectivity index (χ3n) is 4.91. The van der Waals surface area contributed by atoms with Gasteiger partial charge >= 0.3 is 12.1 Å². The highest BCUT2D eigenvalue weighted by Gasteiger charge is 2.26. The lowest BCUT2D eigenvalue weighted by molar-refractivity contribution is -0.183. The highest BCUT2D eigenvalue weighted by Crippen LogP contribution is 2.30. The number of benzene rings is 3. The van der Waals surface area contributed by atoms with E-state index in [1.807, 2.05) is 0 Å². The molecule has 0 aromatic heterocycles. The van der Waals surface area contributed by atoms with Crippen LogP contribution in [0, 0.1) is 35.1 Å². The monoisotopic (exact) mass is 498 g/mol. The van der Waals surface area contributed by atoms with Crippen molar-refractivity contribution < 1.29 is 49.7 Å². The Bertz CT molecular complexity index is 1340. The first kappa shape index (κ1) is 24.5. The van der Waals surface area contributed by atoms with E-state index in [4.69, 9.17) is 14.2 Å². The number of alkyl halides is 3. The van der Waals surface area contributed by atoms with Gasteiger partial charge in [-0.25, -0.2) is 22.4 Å². The number of fused-ring (bicyclic) bond motifs is 1. The van der Waals surface area contributed by atoms with Crippen LogP contribution < -0.4 is 4.74 Å². The van der Waals surface area contributed by atoms with Crippen LogP contribution in [0.15, 0.2) is 36.4 Å². The zero-order valence-electron chi connectivity index (χ0n) is 17.4. The van der Waals surface area contributed by atoms with Gasteiger partial charge in [-0.3, -0.25) is 0 Å². The van der Waals surface area contributed by atoms with E-state index in [9.17, 15) is 35.5 Å². The zero-order valence-corrected chi connectivity index (χ0v) is 17.4. The number of carbonyl (C=O) groups is 1. The van der Waals surface area contributed by atoms with Gasteiger partial charge in [0.1, 0.15) is 34.6 Å². The summed E-state index contributed by atoms with van der Waals surface area (Å²) in [4.78, 5) is 12.4. The molecule has 0 amide bonds. The van der Waals surface area contributed by atoms with Crippen molar-refractivity contribution in [2.45, 2.75) is 18.9 Å². The van der Waals surface area contributed by atoms with E-state index in [2.05, 4.69) is 0 Å². The molecule has 35 heavy (non-hydrogen) atoms. The molecule has 0 N–H and O–H groups in total. The minimum atomic E-state index is -4.95. The molecule has 11 heteroatoms. The van der Waals surface area contributed by atoms with Gasteiger partial charge in [-0.15, -0.1) is 0 Å². The van der Waals surface area contributed by atoms with Crippen molar-refractivity contribution in [3.63, 3.8) is 0 Å². The van der Waals surface area contributed by atoms with Crippen molar-refractivity contribution in [2.24, 2.45) is 0 Å². The van der Waals surface area contributed by atoms with Crippen molar-refractivity contribution in [1.29, 1.82) is 0 Å². The fraction of sp³-hybridized carbons (Fsp3) is 0.208. The van der Waals surface area contributed by atoms with E-state index in [0.717, 1.165) is 36.3 Å². The maximum atomic E-state index is 14.5. The number of rotatable bonds is 3. The third-order valence-corrected chi connectivity index (χ3v) is 4.91. The fourth-order valence-electron chi connectivity index (χ4n) is 3.38. The number of carbonyl (C=O) groups excluding carboxylic acids is 1. The van der Waals surface area contributed by atoms with E-state index in [-0.39, 0.29) is 22.1 Å². The molecule has 1 aliphatic heterocycles. The Kier molecular flexibility index (Phi) is 6.69. The van der Waals surface area contributed by atoms with Gasteiger partial charge < -0.3 is 14.2 Å². The lowest BCUT2D eigenvalue weighted by Crippen LogP contribution is -2.19. The van der Waals surface area contributed by atoms with Crippen LogP contribution in [0.4, 0.5) is 30.7 Å². The first-order valence-corrected chi connectivity index (χ1v) is 9.99. The number of ether oxygens (including phenoxy) is 3. The molecule has 0 radical (unpaired) electrons. The Hall–Kier alpha value is -3.62. The predicted molar refractivity (Wildman–Crippen MR) is 107 cm³/mol. The number of hydrogen-bond donors (Lipinski definition) is 0. The van der Waals surface area contributed by atoms with Crippen molar-refractivity contribution in [2.75, 3.05) is 13.2 Å². The summed E-state index contributed by atoms with van der Waals surface area (Å²) < 4.78 is 110. The average molecular weight is 498 g/mol. The molecule has 4 rings (SSSR count). The summed E-state index contributed by atoms with van der Waals surface area (Å²) in [6.07, 6.45) is -5.33. The standard InChI is InChI=1S/C24H13F7O4/c25-17-9-12-8-14(2-3-15(12)21(28)16(17)4-5-24(29,30)31)35-22(32)20-18(26)10-13(11-19(20)27)23-33-6-1-7-34-23/h2-3,8-11,23H,1,6-7H2. The Morgan fingerprint density at radius 1 is 0.943 bits per heavy atom. The molecule has 1 fully saturated rings. The van der Waals surface area contributed by atoms with E-state index < -0.39 is 52.8 Å². The maximum absolute atomic E-state index is 14.5. The van der Waals surface area contributed by atoms with E-state index >= 15 is 0 Å². The van der Waals surface area contributed by atoms with Gasteiger partial charge in [0, 0.05) is 16.9 Å². The summed E-state index contributed by atoms with van der Waals surface area (Å²) in [7, 11) is 0. The normalized spacial score (nSPS) is 14.5. The molecular weight excluding hydrogens is 485 g/mol. The lowest BCUT2D eigenvalue weighted by atomic mass is 10.0. The first-order valence-electron chi connectivity index (χ1n) is 9.99. The molecule has 182 valence electrons. The molecule has 0 bridgehead atoms. The summed E-state index contributed by atoms with van der Waals surface area (Å²) in [6.45, 7) is 0.661. The SMILES string of the molecule is O=C(Oc1ccc2c(F)c(C#CC(F)(F)F)c(F)cc2c1)c1c(F)cc(C2OCCCO2)cc1F. The number of hydrogen-bond acceptors (Lipinski definition) is 4. The second kappa shape index (κ2) is 9.56. The van der Waals surface area contributed by atoms with Gasteiger partial charge in [0.25, 0.3) is 0 Å². The summed E-state index contributed by atoms with van der Waals surface area (Å²) in [5, 5.41) is -0.502. The average Bonchev–Trinajstić information content (AvgIpc) is 2.78. The molecular formula is C24H13F7O4. The van der Waals surface area contributed by atoms with E-state index in [0.29, 0.717) is 25.7 Å².